The van der Waals surface area contributed by atoms with Crippen LogP contribution in [0.4, 0.5) is 0 Å². The molecule has 4 atom stereocenters. The molecule has 4 heteroatoms. The van der Waals surface area contributed by atoms with E-state index in [4.69, 9.17) is 9.47 Å². The minimum absolute atomic E-state index is 0.0211. The molecule has 2 aliphatic rings. The van der Waals surface area contributed by atoms with E-state index in [1.54, 1.807) is 0 Å². The average Bonchev–Trinajstić information content (AvgIpc) is 2.50. The fraction of sp³-hybridized carbons (Fsp3) is 0.857. The number of hydrogen-bond acceptors (Lipinski definition) is 4. The van der Waals surface area contributed by atoms with Gasteiger partial charge in [-0.2, -0.15) is 0 Å². The maximum Gasteiger partial charge on any atom is 0.303 e. The molecule has 2 bridgehead atoms. The Morgan fingerprint density at radius 2 is 1.61 bits per heavy atom. The van der Waals surface area contributed by atoms with Gasteiger partial charge in [-0.05, 0) is 18.3 Å². The van der Waals surface area contributed by atoms with Crippen molar-refractivity contribution in [3.8, 4) is 0 Å². The third kappa shape index (κ3) is 1.65. The molecule has 18 heavy (non-hydrogen) atoms. The van der Waals surface area contributed by atoms with E-state index >= 15 is 0 Å². The first-order valence-electron chi connectivity index (χ1n) is 6.54. The van der Waals surface area contributed by atoms with Crippen LogP contribution in [0.15, 0.2) is 0 Å². The van der Waals surface area contributed by atoms with Crippen molar-refractivity contribution in [1.82, 2.24) is 0 Å². The number of esters is 2. The van der Waals surface area contributed by atoms with Crippen LogP contribution in [0, 0.1) is 16.7 Å². The Bertz CT molecular complexity index is 387. The molecule has 0 aromatic heterocycles. The molecule has 0 amide bonds. The predicted octanol–water partition coefficient (Wildman–Crippen LogP) is 2.31. The van der Waals surface area contributed by atoms with E-state index in [1.165, 1.54) is 13.8 Å². The summed E-state index contributed by atoms with van der Waals surface area (Å²) in [7, 11) is 0. The average molecular weight is 254 g/mol. The summed E-state index contributed by atoms with van der Waals surface area (Å²) in [5.41, 5.74) is -0.0866. The summed E-state index contributed by atoms with van der Waals surface area (Å²) in [6, 6.07) is 0. The van der Waals surface area contributed by atoms with E-state index in [1.807, 2.05) is 0 Å². The number of hydrogen-bond donors (Lipinski definition) is 0. The molecule has 0 aliphatic heterocycles. The molecule has 0 radical (unpaired) electrons. The van der Waals surface area contributed by atoms with Crippen molar-refractivity contribution in [1.29, 1.82) is 0 Å². The van der Waals surface area contributed by atoms with E-state index in [0.717, 1.165) is 12.8 Å². The normalized spacial score (nSPS) is 40.6. The summed E-state index contributed by atoms with van der Waals surface area (Å²) in [5, 5.41) is 0. The number of carbonyl (C=O) groups is 2. The standard InChI is InChI=1S/C14H22O4/c1-8(15)17-11-10-6-7-14(5,13(10,3)4)12(11)18-9(2)16/h10-12H,6-7H2,1-5H3/t10-,11-,12-,14+/m0/s1. The molecule has 2 rings (SSSR count). The van der Waals surface area contributed by atoms with Crippen molar-refractivity contribution in [2.45, 2.75) is 59.7 Å². The van der Waals surface area contributed by atoms with Gasteiger partial charge in [0.2, 0.25) is 0 Å². The third-order valence-corrected chi connectivity index (χ3v) is 5.29. The van der Waals surface area contributed by atoms with Crippen LogP contribution in [0.1, 0.15) is 47.5 Å². The van der Waals surface area contributed by atoms with E-state index in [0.29, 0.717) is 0 Å². The zero-order valence-electron chi connectivity index (χ0n) is 11.8. The highest BCUT2D eigenvalue weighted by Crippen LogP contribution is 2.66. The summed E-state index contributed by atoms with van der Waals surface area (Å²) in [5.74, 6) is -0.332. The molecule has 0 aromatic rings. The lowest BCUT2D eigenvalue weighted by atomic mass is 9.70. The van der Waals surface area contributed by atoms with Crippen LogP contribution in [0.25, 0.3) is 0 Å². The van der Waals surface area contributed by atoms with Gasteiger partial charge in [0.25, 0.3) is 0 Å². The van der Waals surface area contributed by atoms with Crippen molar-refractivity contribution in [3.05, 3.63) is 0 Å². The lowest BCUT2D eigenvalue weighted by molar-refractivity contribution is -0.175. The molecule has 2 saturated carbocycles. The molecule has 0 aromatic carbocycles. The maximum atomic E-state index is 11.3. The molecular formula is C14H22O4. The molecule has 0 N–H and O–H groups in total. The second kappa shape index (κ2) is 3.97. The fourth-order valence-electron chi connectivity index (χ4n) is 3.93. The molecule has 0 heterocycles. The molecule has 0 unspecified atom stereocenters. The van der Waals surface area contributed by atoms with Crippen molar-refractivity contribution in [3.63, 3.8) is 0 Å². The van der Waals surface area contributed by atoms with Crippen LogP contribution in [0.5, 0.6) is 0 Å². The maximum absolute atomic E-state index is 11.3. The Morgan fingerprint density at radius 3 is 2.11 bits per heavy atom. The van der Waals surface area contributed by atoms with Crippen LogP contribution in [0.2, 0.25) is 0 Å². The molecular weight excluding hydrogens is 232 g/mol. The zero-order chi connectivity index (χ0) is 13.7. The minimum atomic E-state index is -0.312. The highest BCUT2D eigenvalue weighted by molar-refractivity contribution is 5.67. The summed E-state index contributed by atoms with van der Waals surface area (Å²) >= 11 is 0. The summed E-state index contributed by atoms with van der Waals surface area (Å²) in [6.45, 7) is 9.33. The van der Waals surface area contributed by atoms with Gasteiger partial charge in [0.15, 0.2) is 0 Å². The highest BCUT2D eigenvalue weighted by Gasteiger charge is 2.69. The lowest BCUT2D eigenvalue weighted by Gasteiger charge is -2.38. The predicted molar refractivity (Wildman–Crippen MR) is 65.7 cm³/mol. The summed E-state index contributed by atoms with van der Waals surface area (Å²) in [4.78, 5) is 22.6. The molecule has 0 spiro atoms. The van der Waals surface area contributed by atoms with Crippen molar-refractivity contribution >= 4 is 11.9 Å². The van der Waals surface area contributed by atoms with Crippen molar-refractivity contribution in [2.75, 3.05) is 0 Å². The van der Waals surface area contributed by atoms with Crippen LogP contribution in [-0.4, -0.2) is 24.1 Å². The third-order valence-electron chi connectivity index (χ3n) is 5.29. The van der Waals surface area contributed by atoms with Gasteiger partial charge in [-0.25, -0.2) is 0 Å². The van der Waals surface area contributed by atoms with Gasteiger partial charge in [0, 0.05) is 25.2 Å². The van der Waals surface area contributed by atoms with Crippen LogP contribution < -0.4 is 0 Å². The van der Waals surface area contributed by atoms with Gasteiger partial charge < -0.3 is 9.47 Å². The number of fused-ring (bicyclic) bond motifs is 2. The van der Waals surface area contributed by atoms with Crippen molar-refractivity contribution < 1.29 is 19.1 Å². The van der Waals surface area contributed by atoms with Gasteiger partial charge in [-0.1, -0.05) is 20.8 Å². The first kappa shape index (κ1) is 13.4. The molecule has 102 valence electrons. The number of rotatable bonds is 2. The van der Waals surface area contributed by atoms with Crippen LogP contribution in [0.3, 0.4) is 0 Å². The van der Waals surface area contributed by atoms with Crippen molar-refractivity contribution in [2.24, 2.45) is 16.7 Å². The van der Waals surface area contributed by atoms with Gasteiger partial charge >= 0.3 is 11.9 Å². The smallest absolute Gasteiger partial charge is 0.303 e. The second-order valence-electron chi connectivity index (χ2n) is 6.39. The Morgan fingerprint density at radius 1 is 1.06 bits per heavy atom. The lowest BCUT2D eigenvalue weighted by Crippen LogP contribution is -2.44. The largest absolute Gasteiger partial charge is 0.458 e. The van der Waals surface area contributed by atoms with E-state index in [2.05, 4.69) is 20.8 Å². The Labute approximate surface area is 108 Å². The Kier molecular flexibility index (Phi) is 2.95. The van der Waals surface area contributed by atoms with Gasteiger partial charge in [0.05, 0.1) is 0 Å². The molecule has 2 fully saturated rings. The number of carbonyl (C=O) groups excluding carboxylic acids is 2. The first-order chi connectivity index (χ1) is 8.20. The van der Waals surface area contributed by atoms with Gasteiger partial charge in [-0.3, -0.25) is 9.59 Å². The van der Waals surface area contributed by atoms with Gasteiger partial charge in [0.1, 0.15) is 12.2 Å². The highest BCUT2D eigenvalue weighted by atomic mass is 16.6. The second-order valence-corrected chi connectivity index (χ2v) is 6.39. The minimum Gasteiger partial charge on any atom is -0.458 e. The molecule has 4 nitrogen and oxygen atoms in total. The zero-order valence-corrected chi connectivity index (χ0v) is 11.8. The fourth-order valence-corrected chi connectivity index (χ4v) is 3.93. The van der Waals surface area contributed by atoms with Crippen LogP contribution >= 0.6 is 0 Å². The van der Waals surface area contributed by atoms with Gasteiger partial charge in [-0.15, -0.1) is 0 Å². The molecule has 2 aliphatic carbocycles. The van der Waals surface area contributed by atoms with E-state index in [9.17, 15) is 9.59 Å². The molecule has 0 saturated heterocycles. The SMILES string of the molecule is CC(=O)O[C@H]1[C@@H]2CC[C@](C)([C@H]1OC(C)=O)C2(C)C. The summed E-state index contributed by atoms with van der Waals surface area (Å²) < 4.78 is 10.9. The van der Waals surface area contributed by atoms with E-state index < -0.39 is 0 Å². The number of ether oxygens (including phenoxy) is 2. The first-order valence-corrected chi connectivity index (χ1v) is 6.54. The Hall–Kier alpha value is -1.06. The topological polar surface area (TPSA) is 52.6 Å². The van der Waals surface area contributed by atoms with Crippen LogP contribution in [-0.2, 0) is 19.1 Å². The monoisotopic (exact) mass is 254 g/mol. The quantitative estimate of drug-likeness (QED) is 0.710. The Balaban J connectivity index is 2.34. The van der Waals surface area contributed by atoms with E-state index in [-0.39, 0.29) is 40.9 Å². The summed E-state index contributed by atoms with van der Waals surface area (Å²) in [6.07, 6.45) is 1.44.